The Balaban J connectivity index is 2.11. The number of oxazole rings is 1. The summed E-state index contributed by atoms with van der Waals surface area (Å²) < 4.78 is 5.32. The van der Waals surface area contributed by atoms with Crippen molar-refractivity contribution in [3.8, 4) is 0 Å². The Morgan fingerprint density at radius 1 is 1.57 bits per heavy atom. The molecule has 0 saturated carbocycles. The third kappa shape index (κ3) is 1.77. The van der Waals surface area contributed by atoms with Gasteiger partial charge in [0.1, 0.15) is 0 Å². The first kappa shape index (κ1) is 9.21. The van der Waals surface area contributed by atoms with Crippen molar-refractivity contribution >= 4 is 11.8 Å². The molecule has 0 aromatic carbocycles. The molecule has 14 heavy (non-hydrogen) atoms. The minimum absolute atomic E-state index is 0.0844. The molecule has 5 nitrogen and oxygen atoms in total. The second-order valence-electron chi connectivity index (χ2n) is 3.30. The van der Waals surface area contributed by atoms with E-state index in [1.807, 2.05) is 4.90 Å². The highest BCUT2D eigenvalue weighted by molar-refractivity contribution is 5.91. The number of nitrogens with zero attached hydrogens (tertiary/aromatic N) is 2. The topological polar surface area (TPSA) is 58.4 Å². The predicted molar refractivity (Wildman–Crippen MR) is 51.6 cm³/mol. The van der Waals surface area contributed by atoms with Gasteiger partial charge in [-0.25, -0.2) is 4.98 Å². The molecule has 0 unspecified atom stereocenters. The fourth-order valence-electron chi connectivity index (χ4n) is 1.43. The highest BCUT2D eigenvalue weighted by atomic mass is 16.4. The van der Waals surface area contributed by atoms with E-state index in [0.717, 1.165) is 26.2 Å². The summed E-state index contributed by atoms with van der Waals surface area (Å²) >= 11 is 0. The molecular weight excluding hydrogens is 182 g/mol. The average Bonchev–Trinajstić information content (AvgIpc) is 2.68. The van der Waals surface area contributed by atoms with E-state index in [0.29, 0.717) is 11.8 Å². The SMILES string of the molecule is CC(=O)c1cnc(N2CCNCC2)o1. The fourth-order valence-corrected chi connectivity index (χ4v) is 1.43. The zero-order chi connectivity index (χ0) is 9.97. The van der Waals surface area contributed by atoms with Gasteiger partial charge in [-0.2, -0.15) is 0 Å². The number of rotatable bonds is 2. The van der Waals surface area contributed by atoms with Crippen LogP contribution in [0.2, 0.25) is 0 Å². The molecule has 0 bridgehead atoms. The van der Waals surface area contributed by atoms with Crippen LogP contribution in [0.5, 0.6) is 0 Å². The monoisotopic (exact) mass is 195 g/mol. The molecule has 1 aromatic heterocycles. The van der Waals surface area contributed by atoms with Crippen LogP contribution in [0.15, 0.2) is 10.6 Å². The number of hydrogen-bond donors (Lipinski definition) is 1. The normalized spacial score (nSPS) is 17.1. The molecule has 2 heterocycles. The van der Waals surface area contributed by atoms with Gasteiger partial charge in [0.25, 0.3) is 6.01 Å². The molecule has 1 aliphatic heterocycles. The Bertz CT molecular complexity index is 329. The minimum Gasteiger partial charge on any atom is -0.420 e. The van der Waals surface area contributed by atoms with E-state index in [1.54, 1.807) is 0 Å². The Kier molecular flexibility index (Phi) is 2.49. The Morgan fingerprint density at radius 2 is 2.29 bits per heavy atom. The van der Waals surface area contributed by atoms with E-state index in [-0.39, 0.29) is 5.78 Å². The maximum atomic E-state index is 11.0. The van der Waals surface area contributed by atoms with Crippen LogP contribution >= 0.6 is 0 Å². The van der Waals surface area contributed by atoms with Crippen molar-refractivity contribution in [3.63, 3.8) is 0 Å². The fraction of sp³-hybridized carbons (Fsp3) is 0.556. The lowest BCUT2D eigenvalue weighted by Gasteiger charge is -2.25. The summed E-state index contributed by atoms with van der Waals surface area (Å²) in [6, 6.07) is 0.552. The number of carbonyl (C=O) groups is 1. The molecule has 1 aromatic rings. The van der Waals surface area contributed by atoms with E-state index in [9.17, 15) is 4.79 Å². The zero-order valence-electron chi connectivity index (χ0n) is 8.12. The molecule has 76 valence electrons. The lowest BCUT2D eigenvalue weighted by molar-refractivity contribution is 0.0987. The molecule has 2 rings (SSSR count). The number of nitrogens with one attached hydrogen (secondary N) is 1. The van der Waals surface area contributed by atoms with E-state index in [2.05, 4.69) is 10.3 Å². The van der Waals surface area contributed by atoms with E-state index >= 15 is 0 Å². The van der Waals surface area contributed by atoms with E-state index in [1.165, 1.54) is 13.1 Å². The Labute approximate surface area is 82.1 Å². The standard InChI is InChI=1S/C9H13N3O2/c1-7(13)8-6-11-9(14-8)12-4-2-10-3-5-12/h6,10H,2-5H2,1H3. The van der Waals surface area contributed by atoms with Gasteiger partial charge >= 0.3 is 0 Å². The minimum atomic E-state index is -0.0844. The van der Waals surface area contributed by atoms with Gasteiger partial charge in [0.2, 0.25) is 0 Å². The summed E-state index contributed by atoms with van der Waals surface area (Å²) in [7, 11) is 0. The number of carbonyl (C=O) groups excluding carboxylic acids is 1. The quantitative estimate of drug-likeness (QED) is 0.687. The summed E-state index contributed by atoms with van der Waals surface area (Å²) in [5.74, 6) is 0.248. The number of aromatic nitrogens is 1. The molecule has 0 spiro atoms. The van der Waals surface area contributed by atoms with Gasteiger partial charge in [-0.3, -0.25) is 4.79 Å². The Hall–Kier alpha value is -1.36. The molecule has 0 aliphatic carbocycles. The molecule has 0 radical (unpaired) electrons. The number of Topliss-reactive ketones (excluding diaryl/α,β-unsaturated/α-hetero) is 1. The van der Waals surface area contributed by atoms with Gasteiger partial charge in [-0.05, 0) is 0 Å². The van der Waals surface area contributed by atoms with Crippen molar-refractivity contribution in [2.45, 2.75) is 6.92 Å². The second-order valence-corrected chi connectivity index (χ2v) is 3.30. The summed E-state index contributed by atoms with van der Waals surface area (Å²) in [6.07, 6.45) is 1.49. The van der Waals surface area contributed by atoms with Gasteiger partial charge in [-0.1, -0.05) is 0 Å². The maximum absolute atomic E-state index is 11.0. The van der Waals surface area contributed by atoms with Gasteiger partial charge < -0.3 is 14.6 Å². The molecule has 0 atom stereocenters. The van der Waals surface area contributed by atoms with Crippen molar-refractivity contribution in [2.75, 3.05) is 31.1 Å². The summed E-state index contributed by atoms with van der Waals surface area (Å²) in [4.78, 5) is 17.1. The molecule has 5 heteroatoms. The van der Waals surface area contributed by atoms with Crippen LogP contribution in [-0.4, -0.2) is 36.9 Å². The third-order valence-electron chi connectivity index (χ3n) is 2.23. The maximum Gasteiger partial charge on any atom is 0.297 e. The lowest BCUT2D eigenvalue weighted by Crippen LogP contribution is -2.43. The highest BCUT2D eigenvalue weighted by Crippen LogP contribution is 2.14. The largest absolute Gasteiger partial charge is 0.420 e. The van der Waals surface area contributed by atoms with Crippen LogP contribution in [0.25, 0.3) is 0 Å². The molecular formula is C9H13N3O2. The number of piperazine rings is 1. The lowest BCUT2D eigenvalue weighted by atomic mass is 10.4. The average molecular weight is 195 g/mol. The summed E-state index contributed by atoms with van der Waals surface area (Å²) in [5, 5.41) is 3.24. The number of ketones is 1. The molecule has 1 fully saturated rings. The van der Waals surface area contributed by atoms with Crippen molar-refractivity contribution in [3.05, 3.63) is 12.0 Å². The highest BCUT2D eigenvalue weighted by Gasteiger charge is 2.16. The van der Waals surface area contributed by atoms with Crippen molar-refractivity contribution in [1.82, 2.24) is 10.3 Å². The van der Waals surface area contributed by atoms with Crippen LogP contribution in [0.4, 0.5) is 6.01 Å². The summed E-state index contributed by atoms with van der Waals surface area (Å²) in [5.41, 5.74) is 0. The number of hydrogen-bond acceptors (Lipinski definition) is 5. The molecule has 1 aliphatic rings. The zero-order valence-corrected chi connectivity index (χ0v) is 8.12. The van der Waals surface area contributed by atoms with Crippen molar-refractivity contribution < 1.29 is 9.21 Å². The molecule has 1 N–H and O–H groups in total. The molecule has 0 amide bonds. The van der Waals surface area contributed by atoms with Crippen LogP contribution in [0.1, 0.15) is 17.5 Å². The van der Waals surface area contributed by atoms with Gasteiger partial charge in [0.15, 0.2) is 11.5 Å². The first-order valence-electron chi connectivity index (χ1n) is 4.70. The van der Waals surface area contributed by atoms with Gasteiger partial charge in [0.05, 0.1) is 6.20 Å². The van der Waals surface area contributed by atoms with Gasteiger partial charge in [0, 0.05) is 33.1 Å². The van der Waals surface area contributed by atoms with E-state index < -0.39 is 0 Å². The third-order valence-corrected chi connectivity index (χ3v) is 2.23. The predicted octanol–water partition coefficient (Wildman–Crippen LogP) is 0.287. The Morgan fingerprint density at radius 3 is 2.86 bits per heavy atom. The first-order valence-corrected chi connectivity index (χ1v) is 4.70. The smallest absolute Gasteiger partial charge is 0.297 e. The van der Waals surface area contributed by atoms with Crippen LogP contribution in [0, 0.1) is 0 Å². The van der Waals surface area contributed by atoms with Crippen molar-refractivity contribution in [1.29, 1.82) is 0 Å². The van der Waals surface area contributed by atoms with E-state index in [4.69, 9.17) is 4.42 Å². The van der Waals surface area contributed by atoms with Crippen molar-refractivity contribution in [2.24, 2.45) is 0 Å². The number of anilines is 1. The second kappa shape index (κ2) is 3.79. The first-order chi connectivity index (χ1) is 6.77. The van der Waals surface area contributed by atoms with Crippen LogP contribution < -0.4 is 10.2 Å². The van der Waals surface area contributed by atoms with Crippen LogP contribution in [-0.2, 0) is 0 Å². The van der Waals surface area contributed by atoms with Gasteiger partial charge in [-0.15, -0.1) is 0 Å². The summed E-state index contributed by atoms with van der Waals surface area (Å²) in [6.45, 7) is 5.08. The molecule has 1 saturated heterocycles. The van der Waals surface area contributed by atoms with Crippen LogP contribution in [0.3, 0.4) is 0 Å².